The van der Waals surface area contributed by atoms with E-state index in [0.717, 1.165) is 22.9 Å². The maximum Gasteiger partial charge on any atom is 0.163 e. The molecule has 1 aromatic carbocycles. The van der Waals surface area contributed by atoms with Gasteiger partial charge in [0, 0.05) is 37.6 Å². The predicted molar refractivity (Wildman–Crippen MR) is 80.6 cm³/mol. The Morgan fingerprint density at radius 2 is 1.84 bits per heavy atom. The molecule has 19 heavy (non-hydrogen) atoms. The van der Waals surface area contributed by atoms with Gasteiger partial charge in [-0.05, 0) is 32.0 Å². The first-order chi connectivity index (χ1) is 9.08. The summed E-state index contributed by atoms with van der Waals surface area (Å²) in [6, 6.07) is 10.4. The van der Waals surface area contributed by atoms with Gasteiger partial charge in [-0.15, -0.1) is 0 Å². The third kappa shape index (κ3) is 3.22. The second-order valence-electron chi connectivity index (χ2n) is 4.98. The topological polar surface area (TPSA) is 41.1 Å². The Hall–Kier alpha value is -2.10. The lowest BCUT2D eigenvalue weighted by Gasteiger charge is -2.17. The van der Waals surface area contributed by atoms with Crippen molar-refractivity contribution < 1.29 is 0 Å². The van der Waals surface area contributed by atoms with E-state index in [0.29, 0.717) is 6.04 Å². The largest absolute Gasteiger partial charge is 0.377 e. The normalized spacial score (nSPS) is 10.6. The van der Waals surface area contributed by atoms with Crippen LogP contribution >= 0.6 is 0 Å². The summed E-state index contributed by atoms with van der Waals surface area (Å²) < 4.78 is 0. The molecular formula is C15H20N4. The zero-order valence-corrected chi connectivity index (χ0v) is 11.9. The second kappa shape index (κ2) is 5.69. The van der Waals surface area contributed by atoms with Crippen molar-refractivity contribution in [3.63, 3.8) is 0 Å². The van der Waals surface area contributed by atoms with E-state index in [1.54, 1.807) is 6.20 Å². The van der Waals surface area contributed by atoms with Gasteiger partial charge in [-0.3, -0.25) is 0 Å². The smallest absolute Gasteiger partial charge is 0.163 e. The van der Waals surface area contributed by atoms with Crippen LogP contribution in [0.25, 0.3) is 11.4 Å². The molecule has 4 nitrogen and oxygen atoms in total. The fraction of sp³-hybridized carbons (Fsp3) is 0.333. The monoisotopic (exact) mass is 256 g/mol. The lowest BCUT2D eigenvalue weighted by molar-refractivity contribution is 0.887. The molecule has 0 aliphatic rings. The molecule has 0 bridgehead atoms. The van der Waals surface area contributed by atoms with Gasteiger partial charge < -0.3 is 10.2 Å². The van der Waals surface area contributed by atoms with Gasteiger partial charge in [0.2, 0.25) is 0 Å². The Kier molecular flexibility index (Phi) is 4.00. The van der Waals surface area contributed by atoms with E-state index in [4.69, 9.17) is 0 Å². The van der Waals surface area contributed by atoms with Gasteiger partial charge >= 0.3 is 0 Å². The van der Waals surface area contributed by atoms with Crippen LogP contribution in [0, 0.1) is 0 Å². The van der Waals surface area contributed by atoms with Crippen LogP contribution in [0.4, 0.5) is 11.5 Å². The van der Waals surface area contributed by atoms with Crippen molar-refractivity contribution in [1.29, 1.82) is 0 Å². The number of nitrogens with one attached hydrogen (secondary N) is 1. The minimum Gasteiger partial charge on any atom is -0.377 e. The molecule has 1 heterocycles. The van der Waals surface area contributed by atoms with Gasteiger partial charge in [0.25, 0.3) is 0 Å². The molecule has 0 aliphatic heterocycles. The molecule has 1 aromatic heterocycles. The van der Waals surface area contributed by atoms with Crippen LogP contribution in [0.15, 0.2) is 36.5 Å². The van der Waals surface area contributed by atoms with Crippen LogP contribution < -0.4 is 10.2 Å². The molecule has 0 radical (unpaired) electrons. The van der Waals surface area contributed by atoms with Gasteiger partial charge in [-0.25, -0.2) is 9.97 Å². The Morgan fingerprint density at radius 3 is 2.53 bits per heavy atom. The number of benzene rings is 1. The van der Waals surface area contributed by atoms with Crippen molar-refractivity contribution in [2.24, 2.45) is 0 Å². The predicted octanol–water partition coefficient (Wildman–Crippen LogP) is 3.03. The van der Waals surface area contributed by atoms with Crippen LogP contribution in [-0.2, 0) is 0 Å². The highest BCUT2D eigenvalue weighted by Gasteiger charge is 2.09. The summed E-state index contributed by atoms with van der Waals surface area (Å²) in [5.41, 5.74) is 2.16. The quantitative estimate of drug-likeness (QED) is 0.913. The third-order valence-corrected chi connectivity index (χ3v) is 2.72. The fourth-order valence-electron chi connectivity index (χ4n) is 1.92. The summed E-state index contributed by atoms with van der Waals surface area (Å²) in [6.45, 7) is 4.19. The lowest BCUT2D eigenvalue weighted by atomic mass is 10.1. The minimum atomic E-state index is 0.354. The minimum absolute atomic E-state index is 0.354. The molecular weight excluding hydrogens is 236 g/mol. The number of aromatic nitrogens is 2. The van der Waals surface area contributed by atoms with Crippen LogP contribution in [0.1, 0.15) is 13.8 Å². The van der Waals surface area contributed by atoms with Crippen LogP contribution in [0.3, 0.4) is 0 Å². The van der Waals surface area contributed by atoms with Gasteiger partial charge in [0.05, 0.1) is 0 Å². The highest BCUT2D eigenvalue weighted by molar-refractivity contribution is 5.74. The van der Waals surface area contributed by atoms with Crippen molar-refractivity contribution in [2.45, 2.75) is 19.9 Å². The number of anilines is 2. The molecule has 0 saturated carbocycles. The average Bonchev–Trinajstić information content (AvgIpc) is 2.38. The fourth-order valence-corrected chi connectivity index (χ4v) is 1.92. The van der Waals surface area contributed by atoms with Gasteiger partial charge in [0.15, 0.2) is 5.82 Å². The molecule has 2 rings (SSSR count). The lowest BCUT2D eigenvalue weighted by Crippen LogP contribution is -2.12. The molecule has 2 aromatic rings. The van der Waals surface area contributed by atoms with E-state index in [9.17, 15) is 0 Å². The van der Waals surface area contributed by atoms with Crippen LogP contribution in [-0.4, -0.2) is 30.1 Å². The van der Waals surface area contributed by atoms with Crippen molar-refractivity contribution in [3.8, 4) is 11.4 Å². The standard InChI is InChI=1S/C15H20N4/c1-11(2)17-14-9-10-16-15(18-14)12-7-5-6-8-13(12)19(3)4/h5-11H,1-4H3,(H,16,17,18). The van der Waals surface area contributed by atoms with E-state index >= 15 is 0 Å². The summed E-state index contributed by atoms with van der Waals surface area (Å²) in [7, 11) is 4.05. The number of para-hydroxylation sites is 1. The summed E-state index contributed by atoms with van der Waals surface area (Å²) in [5.74, 6) is 1.60. The Balaban J connectivity index is 2.42. The third-order valence-electron chi connectivity index (χ3n) is 2.72. The molecule has 4 heteroatoms. The van der Waals surface area contributed by atoms with Crippen molar-refractivity contribution in [1.82, 2.24) is 9.97 Å². The second-order valence-corrected chi connectivity index (χ2v) is 4.98. The zero-order valence-electron chi connectivity index (χ0n) is 11.9. The highest BCUT2D eigenvalue weighted by atomic mass is 15.1. The first-order valence-corrected chi connectivity index (χ1v) is 6.44. The Morgan fingerprint density at radius 1 is 1.11 bits per heavy atom. The number of nitrogens with zero attached hydrogens (tertiary/aromatic N) is 3. The highest BCUT2D eigenvalue weighted by Crippen LogP contribution is 2.27. The zero-order chi connectivity index (χ0) is 13.8. The van der Waals surface area contributed by atoms with Gasteiger partial charge in [0.1, 0.15) is 5.82 Å². The van der Waals surface area contributed by atoms with E-state index in [1.807, 2.05) is 38.4 Å². The summed E-state index contributed by atoms with van der Waals surface area (Å²) in [6.07, 6.45) is 1.79. The van der Waals surface area contributed by atoms with E-state index < -0.39 is 0 Å². The first-order valence-electron chi connectivity index (χ1n) is 6.44. The van der Waals surface area contributed by atoms with Crippen LogP contribution in [0.5, 0.6) is 0 Å². The van der Waals surface area contributed by atoms with Gasteiger partial charge in [-0.2, -0.15) is 0 Å². The SMILES string of the molecule is CC(C)Nc1ccnc(-c2ccccc2N(C)C)n1. The molecule has 0 fully saturated rings. The van der Waals surface area contributed by atoms with Gasteiger partial charge in [-0.1, -0.05) is 12.1 Å². The molecule has 0 unspecified atom stereocenters. The molecule has 1 N–H and O–H groups in total. The first kappa shape index (κ1) is 13.3. The molecule has 0 spiro atoms. The summed E-state index contributed by atoms with van der Waals surface area (Å²) in [4.78, 5) is 11.0. The number of hydrogen-bond donors (Lipinski definition) is 1. The van der Waals surface area contributed by atoms with Crippen molar-refractivity contribution in [2.75, 3.05) is 24.3 Å². The summed E-state index contributed by atoms with van der Waals surface area (Å²) >= 11 is 0. The average molecular weight is 256 g/mol. The molecule has 0 atom stereocenters. The number of hydrogen-bond acceptors (Lipinski definition) is 4. The van der Waals surface area contributed by atoms with Crippen molar-refractivity contribution >= 4 is 11.5 Å². The van der Waals surface area contributed by atoms with Crippen LogP contribution in [0.2, 0.25) is 0 Å². The molecule has 0 aliphatic carbocycles. The maximum absolute atomic E-state index is 4.58. The van der Waals surface area contributed by atoms with E-state index in [2.05, 4.69) is 40.1 Å². The van der Waals surface area contributed by atoms with Crippen molar-refractivity contribution in [3.05, 3.63) is 36.5 Å². The number of rotatable bonds is 4. The molecule has 0 amide bonds. The Labute approximate surface area is 114 Å². The molecule has 100 valence electrons. The summed E-state index contributed by atoms with van der Waals surface area (Å²) in [5, 5.41) is 3.30. The van der Waals surface area contributed by atoms with E-state index in [-0.39, 0.29) is 0 Å². The van der Waals surface area contributed by atoms with E-state index in [1.165, 1.54) is 0 Å². The molecule has 0 saturated heterocycles. The Bertz CT molecular complexity index is 549. The maximum atomic E-state index is 4.58.